The molecule has 0 saturated carbocycles. The third-order valence-corrected chi connectivity index (χ3v) is 2.42. The molecular weight excluding hydrogens is 238 g/mol. The van der Waals surface area contributed by atoms with Gasteiger partial charge >= 0.3 is 0 Å². The first-order chi connectivity index (χ1) is 8.58. The van der Waals surface area contributed by atoms with Crippen molar-refractivity contribution < 1.29 is 4.58 Å². The number of H-pyrrole nitrogens is 1. The normalized spacial score (nSPS) is 11.1. The predicted octanol–water partition coefficient (Wildman–Crippen LogP) is 1.84. The maximum absolute atomic E-state index is 4.40. The van der Waals surface area contributed by atoms with Gasteiger partial charge in [-0.2, -0.15) is 0 Å². The van der Waals surface area contributed by atoms with Gasteiger partial charge in [-0.1, -0.05) is 7.43 Å². The van der Waals surface area contributed by atoms with Crippen molar-refractivity contribution in [1.82, 2.24) is 19.9 Å². The van der Waals surface area contributed by atoms with E-state index < -0.39 is 0 Å². The average molecular weight is 260 g/mol. The van der Waals surface area contributed by atoms with E-state index in [2.05, 4.69) is 27.4 Å². The zero-order chi connectivity index (χ0) is 13.1. The highest BCUT2D eigenvalue weighted by Crippen LogP contribution is 2.19. The van der Waals surface area contributed by atoms with Gasteiger partial charge in [-0.05, 0) is 6.07 Å². The van der Waals surface area contributed by atoms with Crippen LogP contribution < -0.4 is 0 Å². The summed E-state index contributed by atoms with van der Waals surface area (Å²) in [5.41, 5.74) is 2.84. The summed E-state index contributed by atoms with van der Waals surface area (Å²) in [6, 6.07) is 2.00. The van der Waals surface area contributed by atoms with Crippen molar-refractivity contribution in [2.24, 2.45) is 0 Å². The molecule has 0 spiro atoms. The van der Waals surface area contributed by atoms with Crippen molar-refractivity contribution in [1.29, 1.82) is 0 Å². The molecule has 0 aromatic carbocycles. The van der Waals surface area contributed by atoms with Crippen LogP contribution in [-0.4, -0.2) is 58.8 Å². The van der Waals surface area contributed by atoms with Crippen LogP contribution in [0.15, 0.2) is 24.8 Å². The lowest BCUT2D eigenvalue weighted by Crippen LogP contribution is -2.08. The molecule has 0 radical (unpaired) electrons. The smallest absolute Gasteiger partial charge is 0.173 e. The lowest BCUT2D eigenvalue weighted by molar-refractivity contribution is -0.458. The first kappa shape index (κ1) is 14.9. The maximum Gasteiger partial charge on any atom is 0.173 e. The fourth-order valence-corrected chi connectivity index (χ4v) is 1.81. The van der Waals surface area contributed by atoms with Crippen LogP contribution in [0, 0.1) is 0 Å². The van der Waals surface area contributed by atoms with E-state index in [9.17, 15) is 0 Å². The molecule has 1 N–H and O–H groups in total. The number of allylic oxidation sites excluding steroid dienone is 1. The second-order valence-electron chi connectivity index (χ2n) is 4.60. The van der Waals surface area contributed by atoms with Gasteiger partial charge in [0.05, 0.1) is 11.3 Å². The zero-order valence-electron chi connectivity index (χ0n) is 11.2. The van der Waals surface area contributed by atoms with E-state index in [1.165, 1.54) is 0 Å². The van der Waals surface area contributed by atoms with Gasteiger partial charge in [-0.3, -0.25) is 0 Å². The number of aromatic nitrogens is 3. The molecule has 102 valence electrons. The van der Waals surface area contributed by atoms with Crippen LogP contribution in [0.1, 0.15) is 13.1 Å². The predicted molar refractivity (Wildman–Crippen MR) is 80.5 cm³/mol. The van der Waals surface area contributed by atoms with Crippen molar-refractivity contribution in [2.75, 3.05) is 28.2 Å². The first-order valence-electron chi connectivity index (χ1n) is 5.76. The molecule has 5 nitrogen and oxygen atoms in total. The van der Waals surface area contributed by atoms with Gasteiger partial charge in [0.25, 0.3) is 0 Å². The van der Waals surface area contributed by atoms with Gasteiger partial charge in [0.1, 0.15) is 26.1 Å². The van der Waals surface area contributed by atoms with Gasteiger partial charge in [-0.15, -0.1) is 0 Å². The third kappa shape index (κ3) is 3.40. The highest BCUT2D eigenvalue weighted by Gasteiger charge is 2.11. The van der Waals surface area contributed by atoms with Gasteiger partial charge in [0.2, 0.25) is 0 Å². The molecule has 2 rings (SSSR count). The molecule has 0 unspecified atom stereocenters. The van der Waals surface area contributed by atoms with Crippen LogP contribution in [0.2, 0.25) is 0 Å². The van der Waals surface area contributed by atoms with Gasteiger partial charge in [-0.25, -0.2) is 14.5 Å². The van der Waals surface area contributed by atoms with E-state index >= 15 is 0 Å². The number of nitrogens with zero attached hydrogens (tertiary/aromatic N) is 4. The Morgan fingerprint density at radius 2 is 2.05 bits per heavy atom. The van der Waals surface area contributed by atoms with E-state index in [4.69, 9.17) is 0 Å². The number of fused-ring (bicyclic) bond motifs is 1. The molecule has 0 saturated heterocycles. The standard InChI is InChI=1S/C13H18N5.CH4/c1-17(2)7-10(8-18(3)4)12-11-5-6-14-13(11)16-9-15-12;/h5-9H,1-4H3,(H,14,15,16);1H4/q+1;. The number of hydrogen-bond acceptors (Lipinski definition) is 3. The van der Waals surface area contributed by atoms with Crippen molar-refractivity contribution in [2.45, 2.75) is 7.43 Å². The molecule has 0 aliphatic carbocycles. The summed E-state index contributed by atoms with van der Waals surface area (Å²) in [6.45, 7) is 0. The molecule has 0 atom stereocenters. The highest BCUT2D eigenvalue weighted by atomic mass is 15.0. The first-order valence-corrected chi connectivity index (χ1v) is 5.76. The zero-order valence-corrected chi connectivity index (χ0v) is 11.2. The fourth-order valence-electron chi connectivity index (χ4n) is 1.81. The lowest BCUT2D eigenvalue weighted by Gasteiger charge is -2.07. The quantitative estimate of drug-likeness (QED) is 0.676. The maximum atomic E-state index is 4.40. The van der Waals surface area contributed by atoms with Crippen LogP contribution in [0.25, 0.3) is 16.6 Å². The third-order valence-electron chi connectivity index (χ3n) is 2.42. The molecule has 2 heterocycles. The number of rotatable bonds is 3. The number of nitrogens with one attached hydrogen (secondary N) is 1. The second kappa shape index (κ2) is 6.13. The van der Waals surface area contributed by atoms with Crippen molar-refractivity contribution >= 4 is 22.8 Å². The summed E-state index contributed by atoms with van der Waals surface area (Å²) in [4.78, 5) is 13.7. The Hall–Kier alpha value is -2.17. The minimum atomic E-state index is 0. The summed E-state index contributed by atoms with van der Waals surface area (Å²) >= 11 is 0. The summed E-state index contributed by atoms with van der Waals surface area (Å²) < 4.78 is 2.01. The van der Waals surface area contributed by atoms with Gasteiger partial charge in [0.15, 0.2) is 6.21 Å². The topological polar surface area (TPSA) is 47.8 Å². The second-order valence-corrected chi connectivity index (χ2v) is 4.60. The van der Waals surface area contributed by atoms with Crippen molar-refractivity contribution in [3.05, 3.63) is 30.5 Å². The summed E-state index contributed by atoms with van der Waals surface area (Å²) in [5, 5.41) is 1.03. The van der Waals surface area contributed by atoms with Gasteiger partial charge in [0, 0.05) is 31.9 Å². The van der Waals surface area contributed by atoms with Gasteiger partial charge < -0.3 is 9.88 Å². The van der Waals surface area contributed by atoms with E-state index in [1.54, 1.807) is 6.33 Å². The van der Waals surface area contributed by atoms with E-state index in [1.807, 2.05) is 49.9 Å². The van der Waals surface area contributed by atoms with E-state index in [-0.39, 0.29) is 7.43 Å². The van der Waals surface area contributed by atoms with Crippen LogP contribution in [0.5, 0.6) is 0 Å². The number of hydrogen-bond donors (Lipinski definition) is 1. The highest BCUT2D eigenvalue weighted by molar-refractivity contribution is 6.11. The Kier molecular flexibility index (Phi) is 4.80. The lowest BCUT2D eigenvalue weighted by atomic mass is 10.1. The SMILES string of the molecule is C.CN(C)/C=C(/C=[N+](C)C)c1ncnc2[nH]ccc12. The summed E-state index contributed by atoms with van der Waals surface area (Å²) in [6.07, 6.45) is 7.57. The molecule has 0 aliphatic rings. The largest absolute Gasteiger partial charge is 0.383 e. The Morgan fingerprint density at radius 1 is 1.32 bits per heavy atom. The fraction of sp³-hybridized carbons (Fsp3) is 0.357. The van der Waals surface area contributed by atoms with Crippen LogP contribution in [0.3, 0.4) is 0 Å². The van der Waals surface area contributed by atoms with Crippen molar-refractivity contribution in [3.8, 4) is 0 Å². The molecule has 2 aromatic rings. The van der Waals surface area contributed by atoms with E-state index in [0.29, 0.717) is 0 Å². The van der Waals surface area contributed by atoms with Crippen molar-refractivity contribution in [3.63, 3.8) is 0 Å². The molecule has 19 heavy (non-hydrogen) atoms. The molecule has 5 heteroatoms. The Labute approximate surface area is 114 Å². The van der Waals surface area contributed by atoms with Crippen LogP contribution >= 0.6 is 0 Å². The summed E-state index contributed by atoms with van der Waals surface area (Å²) in [5.74, 6) is 0. The average Bonchev–Trinajstić information content (AvgIpc) is 2.74. The number of aromatic amines is 1. The minimum absolute atomic E-state index is 0. The molecule has 0 aliphatic heterocycles. The molecular formula is C14H22N5+. The Bertz CT molecular complexity index is 603. The monoisotopic (exact) mass is 260 g/mol. The van der Waals surface area contributed by atoms with Crippen LogP contribution in [0.4, 0.5) is 0 Å². The molecule has 0 bridgehead atoms. The minimum Gasteiger partial charge on any atom is -0.383 e. The Balaban J connectivity index is 0.00000180. The summed E-state index contributed by atoms with van der Waals surface area (Å²) in [7, 11) is 8.00. The van der Waals surface area contributed by atoms with Crippen LogP contribution in [-0.2, 0) is 0 Å². The van der Waals surface area contributed by atoms with E-state index in [0.717, 1.165) is 22.3 Å². The molecule has 2 aromatic heterocycles. The Morgan fingerprint density at radius 3 is 2.68 bits per heavy atom. The molecule has 0 amide bonds. The molecule has 0 fully saturated rings.